The van der Waals surface area contributed by atoms with Crippen LogP contribution in [0, 0.1) is 19.8 Å². The zero-order chi connectivity index (χ0) is 22.7. The van der Waals surface area contributed by atoms with Crippen LogP contribution in [0.3, 0.4) is 0 Å². The molecule has 1 aliphatic carbocycles. The Bertz CT molecular complexity index is 1100. The first kappa shape index (κ1) is 22.1. The van der Waals surface area contributed by atoms with Crippen LogP contribution in [0.4, 0.5) is 11.5 Å². The van der Waals surface area contributed by atoms with E-state index in [0.29, 0.717) is 12.0 Å². The molecule has 1 heterocycles. The lowest BCUT2D eigenvalue weighted by molar-refractivity contribution is 0.0942. The maximum Gasteiger partial charge on any atom is 0.251 e. The summed E-state index contributed by atoms with van der Waals surface area (Å²) in [5.74, 6) is 1.52. The second kappa shape index (κ2) is 9.60. The summed E-state index contributed by atoms with van der Waals surface area (Å²) in [5, 5.41) is 8.00. The van der Waals surface area contributed by atoms with E-state index in [1.165, 1.54) is 11.1 Å². The average Bonchev–Trinajstić information content (AvgIpc) is 2.79. The predicted octanol–water partition coefficient (Wildman–Crippen LogP) is 5.32. The summed E-state index contributed by atoms with van der Waals surface area (Å²) < 4.78 is 0. The van der Waals surface area contributed by atoms with Crippen LogP contribution in [0.5, 0.6) is 0 Å². The Hall–Kier alpha value is -3.08. The lowest BCUT2D eigenvalue weighted by Crippen LogP contribution is -2.34. The molecule has 1 aliphatic rings. The van der Waals surface area contributed by atoms with Gasteiger partial charge in [-0.2, -0.15) is 0 Å². The minimum absolute atomic E-state index is 0.0445. The third-order valence-electron chi connectivity index (χ3n) is 6.78. The van der Waals surface area contributed by atoms with Crippen molar-refractivity contribution in [2.45, 2.75) is 45.6 Å². The van der Waals surface area contributed by atoms with Gasteiger partial charge >= 0.3 is 0 Å². The van der Waals surface area contributed by atoms with Gasteiger partial charge in [0.2, 0.25) is 0 Å². The molecule has 32 heavy (non-hydrogen) atoms. The average molecular weight is 431 g/mol. The molecule has 1 amide bonds. The van der Waals surface area contributed by atoms with Crippen LogP contribution in [0.2, 0.25) is 0 Å². The number of hydrogen-bond acceptors (Lipinski definition) is 4. The van der Waals surface area contributed by atoms with Crippen molar-refractivity contribution in [1.82, 2.24) is 10.3 Å². The van der Waals surface area contributed by atoms with E-state index in [0.717, 1.165) is 60.3 Å². The van der Waals surface area contributed by atoms with Crippen molar-refractivity contribution in [3.63, 3.8) is 0 Å². The van der Waals surface area contributed by atoms with E-state index in [-0.39, 0.29) is 5.91 Å². The number of rotatable bonds is 6. The van der Waals surface area contributed by atoms with Crippen LogP contribution in [0.1, 0.15) is 47.2 Å². The standard InChI is InChI=1S/C27H34N4O/c1-18-8-7-10-22(19(18)2)27(32)28-17-20-12-14-21(15-13-20)29-26-16-25(31(3)4)23-9-5-6-11-24(23)30-26/h5-11,16,20-21H,12-15,17H2,1-4H3,(H,28,32)(H,29,30). The summed E-state index contributed by atoms with van der Waals surface area (Å²) in [7, 11) is 4.15. The summed E-state index contributed by atoms with van der Waals surface area (Å²) in [6, 6.07) is 16.8. The van der Waals surface area contributed by atoms with Crippen molar-refractivity contribution >= 4 is 28.3 Å². The largest absolute Gasteiger partial charge is 0.377 e. The summed E-state index contributed by atoms with van der Waals surface area (Å²) in [4.78, 5) is 19.6. The van der Waals surface area contributed by atoms with Crippen molar-refractivity contribution in [2.75, 3.05) is 30.9 Å². The van der Waals surface area contributed by atoms with Gasteiger partial charge in [0, 0.05) is 49.4 Å². The molecule has 0 atom stereocenters. The monoisotopic (exact) mass is 430 g/mol. The van der Waals surface area contributed by atoms with Crippen LogP contribution in [0.25, 0.3) is 10.9 Å². The van der Waals surface area contributed by atoms with Crippen molar-refractivity contribution < 1.29 is 4.79 Å². The molecule has 1 saturated carbocycles. The van der Waals surface area contributed by atoms with Gasteiger partial charge < -0.3 is 15.5 Å². The molecule has 5 heteroatoms. The van der Waals surface area contributed by atoms with Gasteiger partial charge in [0.05, 0.1) is 5.52 Å². The van der Waals surface area contributed by atoms with E-state index < -0.39 is 0 Å². The lowest BCUT2D eigenvalue weighted by atomic mass is 9.86. The molecule has 0 unspecified atom stereocenters. The maximum atomic E-state index is 12.6. The minimum Gasteiger partial charge on any atom is -0.377 e. The van der Waals surface area contributed by atoms with Crippen molar-refractivity contribution in [1.29, 1.82) is 0 Å². The molecule has 1 fully saturated rings. The first-order valence-electron chi connectivity index (χ1n) is 11.6. The van der Waals surface area contributed by atoms with Crippen LogP contribution < -0.4 is 15.5 Å². The topological polar surface area (TPSA) is 57.3 Å². The number of benzene rings is 2. The molecular formula is C27H34N4O. The summed E-state index contributed by atoms with van der Waals surface area (Å²) in [6.07, 6.45) is 4.41. The Labute approximate surface area is 191 Å². The van der Waals surface area contributed by atoms with Gasteiger partial charge in [-0.1, -0.05) is 30.3 Å². The minimum atomic E-state index is 0.0445. The smallest absolute Gasteiger partial charge is 0.251 e. The number of aromatic nitrogens is 1. The molecule has 2 aromatic carbocycles. The second-order valence-electron chi connectivity index (χ2n) is 9.26. The van der Waals surface area contributed by atoms with Gasteiger partial charge in [0.15, 0.2) is 0 Å². The van der Waals surface area contributed by atoms with Crippen molar-refractivity contribution in [2.24, 2.45) is 5.92 Å². The van der Waals surface area contributed by atoms with Gasteiger partial charge in [0.1, 0.15) is 5.82 Å². The van der Waals surface area contributed by atoms with E-state index in [1.54, 1.807) is 0 Å². The number of pyridine rings is 1. The number of fused-ring (bicyclic) bond motifs is 1. The number of anilines is 2. The zero-order valence-corrected chi connectivity index (χ0v) is 19.6. The maximum absolute atomic E-state index is 12.6. The van der Waals surface area contributed by atoms with Crippen molar-refractivity contribution in [3.05, 3.63) is 65.2 Å². The van der Waals surface area contributed by atoms with E-state index in [9.17, 15) is 4.79 Å². The van der Waals surface area contributed by atoms with Crippen LogP contribution in [0.15, 0.2) is 48.5 Å². The molecule has 4 rings (SSSR count). The number of nitrogens with one attached hydrogen (secondary N) is 2. The first-order chi connectivity index (χ1) is 15.4. The third-order valence-corrected chi connectivity index (χ3v) is 6.78. The molecular weight excluding hydrogens is 396 g/mol. The number of para-hydroxylation sites is 1. The number of nitrogens with zero attached hydrogens (tertiary/aromatic N) is 2. The molecule has 168 valence electrons. The molecule has 0 bridgehead atoms. The highest BCUT2D eigenvalue weighted by Crippen LogP contribution is 2.30. The summed E-state index contributed by atoms with van der Waals surface area (Å²) >= 11 is 0. The Morgan fingerprint density at radius 2 is 1.78 bits per heavy atom. The highest BCUT2D eigenvalue weighted by molar-refractivity contribution is 5.96. The number of amides is 1. The fraction of sp³-hybridized carbons (Fsp3) is 0.407. The lowest BCUT2D eigenvalue weighted by Gasteiger charge is -2.30. The Morgan fingerprint density at radius 3 is 2.53 bits per heavy atom. The Kier molecular flexibility index (Phi) is 6.63. The number of hydrogen-bond donors (Lipinski definition) is 2. The Morgan fingerprint density at radius 1 is 1.03 bits per heavy atom. The van der Waals surface area contributed by atoms with Gasteiger partial charge in [-0.3, -0.25) is 4.79 Å². The SMILES string of the molecule is Cc1cccc(C(=O)NCC2CCC(Nc3cc(N(C)C)c4ccccc4n3)CC2)c1C. The second-order valence-corrected chi connectivity index (χ2v) is 9.26. The molecule has 2 N–H and O–H groups in total. The molecule has 0 saturated heterocycles. The number of carbonyl (C=O) groups is 1. The summed E-state index contributed by atoms with van der Waals surface area (Å²) in [6.45, 7) is 4.81. The normalized spacial score (nSPS) is 18.4. The molecule has 0 spiro atoms. The first-order valence-corrected chi connectivity index (χ1v) is 11.6. The van der Waals surface area contributed by atoms with E-state index in [2.05, 4.69) is 53.9 Å². The van der Waals surface area contributed by atoms with Crippen LogP contribution in [-0.2, 0) is 0 Å². The predicted molar refractivity (Wildman–Crippen MR) is 134 cm³/mol. The van der Waals surface area contributed by atoms with Gasteiger partial charge in [-0.15, -0.1) is 0 Å². The van der Waals surface area contributed by atoms with E-state index >= 15 is 0 Å². The fourth-order valence-electron chi connectivity index (χ4n) is 4.65. The highest BCUT2D eigenvalue weighted by atomic mass is 16.1. The van der Waals surface area contributed by atoms with E-state index in [4.69, 9.17) is 4.98 Å². The summed E-state index contributed by atoms with van der Waals surface area (Å²) in [5.41, 5.74) is 5.21. The molecule has 0 radical (unpaired) electrons. The van der Waals surface area contributed by atoms with Crippen LogP contribution >= 0.6 is 0 Å². The number of aryl methyl sites for hydroxylation is 1. The van der Waals surface area contributed by atoms with E-state index in [1.807, 2.05) is 38.1 Å². The van der Waals surface area contributed by atoms with Crippen LogP contribution in [-0.4, -0.2) is 37.6 Å². The third kappa shape index (κ3) is 4.87. The molecule has 5 nitrogen and oxygen atoms in total. The fourth-order valence-corrected chi connectivity index (χ4v) is 4.65. The zero-order valence-electron chi connectivity index (χ0n) is 19.6. The Balaban J connectivity index is 1.32. The molecule has 1 aromatic heterocycles. The van der Waals surface area contributed by atoms with Gasteiger partial charge in [-0.25, -0.2) is 4.98 Å². The quantitative estimate of drug-likeness (QED) is 0.556. The highest BCUT2D eigenvalue weighted by Gasteiger charge is 2.22. The van der Waals surface area contributed by atoms with Crippen molar-refractivity contribution in [3.8, 4) is 0 Å². The molecule has 0 aliphatic heterocycles. The van der Waals surface area contributed by atoms with Gasteiger partial charge in [-0.05, 0) is 68.7 Å². The number of carbonyl (C=O) groups excluding carboxylic acids is 1. The molecule has 3 aromatic rings. The van der Waals surface area contributed by atoms with Gasteiger partial charge in [0.25, 0.3) is 5.91 Å².